The van der Waals surface area contributed by atoms with Crippen molar-refractivity contribution >= 4 is 0 Å². The van der Waals surface area contributed by atoms with Gasteiger partial charge in [-0.05, 0) is 17.9 Å². The van der Waals surface area contributed by atoms with Gasteiger partial charge in [-0.2, -0.15) is 0 Å². The molecule has 3 heteroatoms. The Balaban J connectivity index is 2.37. The van der Waals surface area contributed by atoms with Crippen molar-refractivity contribution < 1.29 is 4.74 Å². The van der Waals surface area contributed by atoms with E-state index >= 15 is 0 Å². The maximum Gasteiger partial charge on any atom is 0.122 e. The average molecular weight is 206 g/mol. The van der Waals surface area contributed by atoms with Crippen LogP contribution >= 0.6 is 0 Å². The van der Waals surface area contributed by atoms with Gasteiger partial charge in [-0.15, -0.1) is 0 Å². The second-order valence-corrected chi connectivity index (χ2v) is 4.93. The summed E-state index contributed by atoms with van der Waals surface area (Å²) < 4.78 is 5.21. The number of ether oxygens (including phenoxy) is 1. The SMILES string of the molecule is COc1ccnc(C2(CN)CC2(C)C)c1. The number of methoxy groups -OCH3 is 1. The summed E-state index contributed by atoms with van der Waals surface area (Å²) >= 11 is 0. The molecule has 1 aliphatic rings. The minimum Gasteiger partial charge on any atom is -0.497 e. The van der Waals surface area contributed by atoms with Crippen LogP contribution in [0.15, 0.2) is 18.3 Å². The lowest BCUT2D eigenvalue weighted by Crippen LogP contribution is -2.26. The van der Waals surface area contributed by atoms with Gasteiger partial charge < -0.3 is 10.5 Å². The lowest BCUT2D eigenvalue weighted by Gasteiger charge is -2.18. The predicted molar refractivity (Wildman–Crippen MR) is 59.9 cm³/mol. The molecule has 0 saturated heterocycles. The van der Waals surface area contributed by atoms with E-state index in [-0.39, 0.29) is 10.8 Å². The van der Waals surface area contributed by atoms with E-state index in [9.17, 15) is 0 Å². The fraction of sp³-hybridized carbons (Fsp3) is 0.583. The summed E-state index contributed by atoms with van der Waals surface area (Å²) in [7, 11) is 1.67. The lowest BCUT2D eigenvalue weighted by atomic mass is 9.92. The Kier molecular flexibility index (Phi) is 2.23. The van der Waals surface area contributed by atoms with Gasteiger partial charge in [-0.1, -0.05) is 13.8 Å². The van der Waals surface area contributed by atoms with Crippen molar-refractivity contribution in [2.24, 2.45) is 11.1 Å². The van der Waals surface area contributed by atoms with Gasteiger partial charge in [0.05, 0.1) is 12.8 Å². The molecule has 2 rings (SSSR count). The summed E-state index contributed by atoms with van der Waals surface area (Å²) in [4.78, 5) is 4.43. The molecule has 0 spiro atoms. The van der Waals surface area contributed by atoms with Crippen LogP contribution in [0.3, 0.4) is 0 Å². The fourth-order valence-electron chi connectivity index (χ4n) is 2.40. The highest BCUT2D eigenvalue weighted by atomic mass is 16.5. The van der Waals surface area contributed by atoms with Crippen LogP contribution in [0.5, 0.6) is 5.75 Å². The van der Waals surface area contributed by atoms with Gasteiger partial charge in [-0.3, -0.25) is 4.98 Å². The first-order chi connectivity index (χ1) is 7.05. The van der Waals surface area contributed by atoms with Crippen LogP contribution in [-0.4, -0.2) is 18.6 Å². The highest BCUT2D eigenvalue weighted by molar-refractivity contribution is 5.36. The minimum absolute atomic E-state index is 0.0571. The normalized spacial score (nSPS) is 27.5. The monoisotopic (exact) mass is 206 g/mol. The van der Waals surface area contributed by atoms with Crippen molar-refractivity contribution in [1.82, 2.24) is 4.98 Å². The average Bonchev–Trinajstić information content (AvgIpc) is 2.82. The van der Waals surface area contributed by atoms with Gasteiger partial charge in [0, 0.05) is 24.2 Å². The predicted octanol–water partition coefficient (Wildman–Crippen LogP) is 1.72. The van der Waals surface area contributed by atoms with Crippen molar-refractivity contribution in [2.75, 3.05) is 13.7 Å². The summed E-state index contributed by atoms with van der Waals surface area (Å²) in [6.07, 6.45) is 2.90. The number of hydrogen-bond donors (Lipinski definition) is 1. The second-order valence-electron chi connectivity index (χ2n) is 4.93. The largest absolute Gasteiger partial charge is 0.497 e. The summed E-state index contributed by atoms with van der Waals surface area (Å²) in [6.45, 7) is 5.13. The molecule has 0 radical (unpaired) electrons. The van der Waals surface area contributed by atoms with Crippen LogP contribution < -0.4 is 10.5 Å². The first-order valence-corrected chi connectivity index (χ1v) is 5.26. The number of hydrogen-bond acceptors (Lipinski definition) is 3. The molecular formula is C12H18N2O. The van der Waals surface area contributed by atoms with Gasteiger partial charge in [-0.25, -0.2) is 0 Å². The van der Waals surface area contributed by atoms with Gasteiger partial charge in [0.2, 0.25) is 0 Å². The van der Waals surface area contributed by atoms with E-state index in [0.717, 1.165) is 17.9 Å². The maximum absolute atomic E-state index is 5.89. The van der Waals surface area contributed by atoms with Crippen LogP contribution in [-0.2, 0) is 5.41 Å². The highest BCUT2D eigenvalue weighted by Crippen LogP contribution is 2.63. The Hall–Kier alpha value is -1.09. The number of aromatic nitrogens is 1. The molecule has 0 aliphatic heterocycles. The van der Waals surface area contributed by atoms with Crippen LogP contribution in [0.4, 0.5) is 0 Å². The van der Waals surface area contributed by atoms with Crippen LogP contribution in [0.1, 0.15) is 26.0 Å². The quantitative estimate of drug-likeness (QED) is 0.819. The number of pyridine rings is 1. The van der Waals surface area contributed by atoms with Crippen molar-refractivity contribution in [1.29, 1.82) is 0 Å². The summed E-state index contributed by atoms with van der Waals surface area (Å²) in [5, 5.41) is 0. The Labute approximate surface area is 90.7 Å². The highest BCUT2D eigenvalue weighted by Gasteiger charge is 2.62. The van der Waals surface area contributed by atoms with E-state index < -0.39 is 0 Å². The number of rotatable bonds is 3. The van der Waals surface area contributed by atoms with E-state index in [4.69, 9.17) is 10.5 Å². The molecule has 1 aromatic rings. The molecule has 1 atom stereocenters. The van der Waals surface area contributed by atoms with E-state index in [1.807, 2.05) is 12.1 Å². The van der Waals surface area contributed by atoms with Gasteiger partial charge in [0.1, 0.15) is 5.75 Å². The van der Waals surface area contributed by atoms with E-state index in [2.05, 4.69) is 18.8 Å². The van der Waals surface area contributed by atoms with Crippen LogP contribution in [0.25, 0.3) is 0 Å². The molecule has 0 amide bonds. The molecule has 1 unspecified atom stereocenters. The summed E-state index contributed by atoms with van der Waals surface area (Å²) in [5.74, 6) is 0.857. The van der Waals surface area contributed by atoms with Gasteiger partial charge >= 0.3 is 0 Å². The van der Waals surface area contributed by atoms with E-state index in [0.29, 0.717) is 6.54 Å². The molecule has 0 bridgehead atoms. The molecule has 15 heavy (non-hydrogen) atoms. The zero-order chi connectivity index (χ0) is 11.1. The van der Waals surface area contributed by atoms with Crippen molar-refractivity contribution in [3.63, 3.8) is 0 Å². The molecule has 2 N–H and O–H groups in total. The first kappa shape index (κ1) is 10.4. The molecule has 1 heterocycles. The third-order valence-corrected chi connectivity index (χ3v) is 3.72. The molecule has 1 saturated carbocycles. The number of nitrogens with zero attached hydrogens (tertiary/aromatic N) is 1. The Morgan fingerprint density at radius 3 is 2.67 bits per heavy atom. The molecular weight excluding hydrogens is 188 g/mol. The standard InChI is InChI=1S/C12H18N2O/c1-11(2)7-12(11,8-13)10-6-9(15-3)4-5-14-10/h4-6H,7-8,13H2,1-3H3. The Morgan fingerprint density at radius 2 is 2.20 bits per heavy atom. The number of nitrogens with two attached hydrogens (primary N) is 1. The summed E-state index contributed by atoms with van der Waals surface area (Å²) in [6, 6.07) is 3.87. The molecule has 3 nitrogen and oxygen atoms in total. The Bertz CT molecular complexity index is 376. The topological polar surface area (TPSA) is 48.1 Å². The van der Waals surface area contributed by atoms with Crippen molar-refractivity contribution in [2.45, 2.75) is 25.7 Å². The minimum atomic E-state index is 0.0571. The van der Waals surface area contributed by atoms with E-state index in [1.165, 1.54) is 0 Å². The van der Waals surface area contributed by atoms with Crippen molar-refractivity contribution in [3.8, 4) is 5.75 Å². The van der Waals surface area contributed by atoms with Gasteiger partial charge in [0.25, 0.3) is 0 Å². The molecule has 82 valence electrons. The fourth-order valence-corrected chi connectivity index (χ4v) is 2.40. The molecule has 1 aliphatic carbocycles. The molecule has 0 aromatic carbocycles. The zero-order valence-corrected chi connectivity index (χ0v) is 9.58. The maximum atomic E-state index is 5.89. The Morgan fingerprint density at radius 1 is 1.53 bits per heavy atom. The molecule has 1 aromatic heterocycles. The third kappa shape index (κ3) is 1.42. The summed E-state index contributed by atoms with van der Waals surface area (Å²) in [5.41, 5.74) is 7.27. The smallest absolute Gasteiger partial charge is 0.122 e. The third-order valence-electron chi connectivity index (χ3n) is 3.72. The van der Waals surface area contributed by atoms with Crippen LogP contribution in [0, 0.1) is 5.41 Å². The second kappa shape index (κ2) is 3.20. The first-order valence-electron chi connectivity index (χ1n) is 5.26. The van der Waals surface area contributed by atoms with E-state index in [1.54, 1.807) is 13.3 Å². The van der Waals surface area contributed by atoms with Gasteiger partial charge in [0.15, 0.2) is 0 Å². The van der Waals surface area contributed by atoms with Crippen LogP contribution in [0.2, 0.25) is 0 Å². The molecule has 1 fully saturated rings. The lowest BCUT2D eigenvalue weighted by molar-refractivity contribution is 0.410. The zero-order valence-electron chi connectivity index (χ0n) is 9.58. The van der Waals surface area contributed by atoms with Crippen molar-refractivity contribution in [3.05, 3.63) is 24.0 Å².